The van der Waals surface area contributed by atoms with Gasteiger partial charge < -0.3 is 15.0 Å². The number of amides is 1. The number of esters is 1. The summed E-state index contributed by atoms with van der Waals surface area (Å²) in [5.41, 5.74) is 1.98. The van der Waals surface area contributed by atoms with Crippen LogP contribution in [0.25, 0.3) is 10.9 Å². The Morgan fingerprint density at radius 1 is 1.17 bits per heavy atom. The fraction of sp³-hybridized carbons (Fsp3) is 0.444. The van der Waals surface area contributed by atoms with Gasteiger partial charge in [-0.3, -0.25) is 4.79 Å². The van der Waals surface area contributed by atoms with E-state index in [0.717, 1.165) is 16.5 Å². The third kappa shape index (κ3) is 6.14. The molecule has 1 heterocycles. The van der Waals surface area contributed by atoms with E-state index < -0.39 is 12.0 Å². The topological polar surface area (TPSA) is 71.2 Å². The van der Waals surface area contributed by atoms with Gasteiger partial charge in [0, 0.05) is 30.4 Å². The van der Waals surface area contributed by atoms with Gasteiger partial charge in [0.15, 0.2) is 0 Å². The molecule has 2 rings (SSSR count). The predicted molar refractivity (Wildman–Crippen MR) is 94.3 cm³/mol. The summed E-state index contributed by atoms with van der Waals surface area (Å²) in [4.78, 5) is 25.9. The standard InChI is InChI=1S/C14H16N2O3.2C2H6/c1-9(17)16-13(14(18)19-2)7-10-8-15-12-6-4-3-5-11(10)12;2*1-2/h3-6,8,13,15H,7H2,1-2H3,(H,16,17);2*1-2H3. The summed E-state index contributed by atoms with van der Waals surface area (Å²) in [6.07, 6.45) is 2.25. The predicted octanol–water partition coefficient (Wildman–Crippen LogP) is 3.44. The molecule has 0 bridgehead atoms. The fourth-order valence-corrected chi connectivity index (χ4v) is 2.10. The second-order valence-electron chi connectivity index (χ2n) is 4.34. The van der Waals surface area contributed by atoms with Gasteiger partial charge in [0.25, 0.3) is 0 Å². The lowest BCUT2D eigenvalue weighted by atomic mass is 10.1. The van der Waals surface area contributed by atoms with Crippen LogP contribution in [0.5, 0.6) is 0 Å². The average Bonchev–Trinajstić information content (AvgIpc) is 3.00. The first-order valence-corrected chi connectivity index (χ1v) is 8.01. The molecule has 23 heavy (non-hydrogen) atoms. The highest BCUT2D eigenvalue weighted by molar-refractivity contribution is 5.86. The fourth-order valence-electron chi connectivity index (χ4n) is 2.10. The van der Waals surface area contributed by atoms with Crippen molar-refractivity contribution in [2.75, 3.05) is 7.11 Å². The molecule has 1 aromatic carbocycles. The maximum absolute atomic E-state index is 11.7. The molecule has 0 aliphatic carbocycles. The molecule has 1 unspecified atom stereocenters. The third-order valence-electron chi connectivity index (χ3n) is 2.96. The molecule has 1 amide bonds. The van der Waals surface area contributed by atoms with Gasteiger partial charge in [-0.25, -0.2) is 4.79 Å². The van der Waals surface area contributed by atoms with E-state index in [1.165, 1.54) is 14.0 Å². The number of aromatic amines is 1. The van der Waals surface area contributed by atoms with Gasteiger partial charge in [0.1, 0.15) is 6.04 Å². The van der Waals surface area contributed by atoms with Gasteiger partial charge >= 0.3 is 5.97 Å². The number of para-hydroxylation sites is 1. The SMILES string of the molecule is CC.CC.COC(=O)C(Cc1c[nH]c2ccccc12)NC(C)=O. The van der Waals surface area contributed by atoms with E-state index in [0.29, 0.717) is 6.42 Å². The number of aromatic nitrogens is 1. The van der Waals surface area contributed by atoms with Crippen LogP contribution < -0.4 is 5.32 Å². The number of methoxy groups -OCH3 is 1. The van der Waals surface area contributed by atoms with Gasteiger partial charge in [-0.2, -0.15) is 0 Å². The molecule has 128 valence electrons. The summed E-state index contributed by atoms with van der Waals surface area (Å²) >= 11 is 0. The summed E-state index contributed by atoms with van der Waals surface area (Å²) in [6, 6.07) is 7.15. The lowest BCUT2D eigenvalue weighted by Crippen LogP contribution is -2.41. The monoisotopic (exact) mass is 320 g/mol. The van der Waals surface area contributed by atoms with Gasteiger partial charge in [-0.15, -0.1) is 0 Å². The zero-order valence-corrected chi connectivity index (χ0v) is 14.9. The Morgan fingerprint density at radius 2 is 1.78 bits per heavy atom. The number of carbonyl (C=O) groups excluding carboxylic acids is 2. The van der Waals surface area contributed by atoms with Crippen LogP contribution in [-0.2, 0) is 20.7 Å². The number of hydrogen-bond donors (Lipinski definition) is 2. The first kappa shape index (κ1) is 20.7. The number of H-pyrrole nitrogens is 1. The highest BCUT2D eigenvalue weighted by Gasteiger charge is 2.21. The largest absolute Gasteiger partial charge is 0.467 e. The first-order chi connectivity index (χ1) is 11.1. The Kier molecular flexibility index (Phi) is 10.2. The van der Waals surface area contributed by atoms with Crippen LogP contribution in [0.2, 0.25) is 0 Å². The second-order valence-corrected chi connectivity index (χ2v) is 4.34. The van der Waals surface area contributed by atoms with E-state index in [9.17, 15) is 9.59 Å². The minimum atomic E-state index is -0.665. The molecule has 0 saturated carbocycles. The number of hydrogen-bond acceptors (Lipinski definition) is 3. The Balaban J connectivity index is 0.00000112. The van der Waals surface area contributed by atoms with Crippen LogP contribution in [0.15, 0.2) is 30.5 Å². The van der Waals surface area contributed by atoms with Gasteiger partial charge in [-0.1, -0.05) is 45.9 Å². The van der Waals surface area contributed by atoms with Crippen LogP contribution >= 0.6 is 0 Å². The lowest BCUT2D eigenvalue weighted by Gasteiger charge is -2.14. The molecule has 0 aliphatic heterocycles. The number of ether oxygens (including phenoxy) is 1. The van der Waals surface area contributed by atoms with Crippen molar-refractivity contribution < 1.29 is 14.3 Å². The molecule has 0 fully saturated rings. The Labute approximate surface area is 138 Å². The molecule has 2 aromatic rings. The summed E-state index contributed by atoms with van der Waals surface area (Å²) < 4.78 is 4.71. The highest BCUT2D eigenvalue weighted by Crippen LogP contribution is 2.19. The molecule has 5 heteroatoms. The normalized spacial score (nSPS) is 10.5. The molecule has 2 N–H and O–H groups in total. The zero-order chi connectivity index (χ0) is 17.8. The van der Waals surface area contributed by atoms with Crippen molar-refractivity contribution >= 4 is 22.8 Å². The summed E-state index contributed by atoms with van der Waals surface area (Å²) in [5.74, 6) is -0.698. The minimum Gasteiger partial charge on any atom is -0.467 e. The van der Waals surface area contributed by atoms with Crippen molar-refractivity contribution in [3.8, 4) is 0 Å². The quantitative estimate of drug-likeness (QED) is 0.848. The van der Waals surface area contributed by atoms with Crippen molar-refractivity contribution in [3.63, 3.8) is 0 Å². The average molecular weight is 320 g/mol. The van der Waals surface area contributed by atoms with Gasteiger partial charge in [0.05, 0.1) is 7.11 Å². The summed E-state index contributed by atoms with van der Waals surface area (Å²) in [6.45, 7) is 9.38. The van der Waals surface area contributed by atoms with Crippen LogP contribution in [0.1, 0.15) is 40.2 Å². The minimum absolute atomic E-state index is 0.254. The lowest BCUT2D eigenvalue weighted by molar-refractivity contribution is -0.144. The van der Waals surface area contributed by atoms with Crippen molar-refractivity contribution in [2.24, 2.45) is 0 Å². The number of nitrogens with one attached hydrogen (secondary N) is 2. The Hall–Kier alpha value is -2.30. The van der Waals surface area contributed by atoms with Gasteiger partial charge in [0.2, 0.25) is 5.91 Å². The van der Waals surface area contributed by atoms with E-state index >= 15 is 0 Å². The summed E-state index contributed by atoms with van der Waals surface area (Å²) in [5, 5.41) is 3.65. The summed E-state index contributed by atoms with van der Waals surface area (Å²) in [7, 11) is 1.31. The number of fused-ring (bicyclic) bond motifs is 1. The molecule has 1 aromatic heterocycles. The maximum Gasteiger partial charge on any atom is 0.328 e. The molecule has 5 nitrogen and oxygen atoms in total. The van der Waals surface area contributed by atoms with E-state index in [4.69, 9.17) is 4.74 Å². The van der Waals surface area contributed by atoms with E-state index in [-0.39, 0.29) is 5.91 Å². The zero-order valence-electron chi connectivity index (χ0n) is 14.9. The van der Waals surface area contributed by atoms with Crippen molar-refractivity contribution in [3.05, 3.63) is 36.0 Å². The number of rotatable bonds is 4. The van der Waals surface area contributed by atoms with Gasteiger partial charge in [-0.05, 0) is 11.6 Å². The van der Waals surface area contributed by atoms with Crippen molar-refractivity contribution in [1.29, 1.82) is 0 Å². The number of carbonyl (C=O) groups is 2. The molecule has 0 radical (unpaired) electrons. The van der Waals surface area contributed by atoms with Crippen LogP contribution in [-0.4, -0.2) is 30.0 Å². The molecule has 0 aliphatic rings. The Bertz CT molecular complexity index is 605. The maximum atomic E-state index is 11.7. The first-order valence-electron chi connectivity index (χ1n) is 8.01. The van der Waals surface area contributed by atoms with Crippen molar-refractivity contribution in [2.45, 2.75) is 47.1 Å². The molecular weight excluding hydrogens is 292 g/mol. The van der Waals surface area contributed by atoms with Crippen LogP contribution in [0, 0.1) is 0 Å². The molecule has 0 spiro atoms. The van der Waals surface area contributed by atoms with E-state index in [2.05, 4.69) is 10.3 Å². The van der Waals surface area contributed by atoms with Crippen molar-refractivity contribution in [1.82, 2.24) is 10.3 Å². The third-order valence-corrected chi connectivity index (χ3v) is 2.96. The van der Waals surface area contributed by atoms with E-state index in [1.807, 2.05) is 58.2 Å². The highest BCUT2D eigenvalue weighted by atomic mass is 16.5. The molecule has 0 saturated heterocycles. The van der Waals surface area contributed by atoms with Crippen LogP contribution in [0.3, 0.4) is 0 Å². The van der Waals surface area contributed by atoms with E-state index in [1.54, 1.807) is 0 Å². The Morgan fingerprint density at radius 3 is 2.35 bits per heavy atom. The second kappa shape index (κ2) is 11.3. The molecular formula is C18H28N2O3. The molecule has 1 atom stereocenters. The smallest absolute Gasteiger partial charge is 0.328 e. The number of benzene rings is 1. The van der Waals surface area contributed by atoms with Crippen LogP contribution in [0.4, 0.5) is 0 Å².